The van der Waals surface area contributed by atoms with E-state index in [1.165, 1.54) is 0 Å². The molecule has 4 rings (SSSR count). The van der Waals surface area contributed by atoms with Gasteiger partial charge in [-0.15, -0.1) is 11.8 Å². The first-order chi connectivity index (χ1) is 14.6. The summed E-state index contributed by atoms with van der Waals surface area (Å²) in [4.78, 5) is 32.0. The van der Waals surface area contributed by atoms with Crippen molar-refractivity contribution in [1.29, 1.82) is 0 Å². The molecule has 0 radical (unpaired) electrons. The van der Waals surface area contributed by atoms with Gasteiger partial charge in [-0.3, -0.25) is 14.6 Å². The topological polar surface area (TPSA) is 87.5 Å². The van der Waals surface area contributed by atoms with E-state index in [2.05, 4.69) is 22.2 Å². The zero-order valence-electron chi connectivity index (χ0n) is 16.1. The van der Waals surface area contributed by atoms with Crippen LogP contribution in [0.25, 0.3) is 0 Å². The van der Waals surface area contributed by atoms with Gasteiger partial charge in [-0.05, 0) is 42.5 Å². The fraction of sp³-hybridized carbons (Fsp3) is 0.136. The van der Waals surface area contributed by atoms with Gasteiger partial charge < -0.3 is 20.0 Å². The Bertz CT molecular complexity index is 1070. The molecule has 2 aromatic heterocycles. The molecule has 0 saturated heterocycles. The van der Waals surface area contributed by atoms with Crippen molar-refractivity contribution in [2.75, 3.05) is 22.5 Å². The van der Waals surface area contributed by atoms with Crippen LogP contribution in [-0.4, -0.2) is 29.1 Å². The lowest BCUT2D eigenvalue weighted by atomic mass is 10.1. The number of hydrogen-bond acceptors (Lipinski definition) is 6. The number of pyridine rings is 1. The molecule has 7 nitrogen and oxygen atoms in total. The van der Waals surface area contributed by atoms with Crippen LogP contribution < -0.4 is 15.5 Å². The van der Waals surface area contributed by atoms with Crippen molar-refractivity contribution < 1.29 is 15.4 Å². The van der Waals surface area contributed by atoms with Crippen molar-refractivity contribution in [3.63, 3.8) is 0 Å². The number of carbonyl (C=O) groups is 2. The van der Waals surface area contributed by atoms with Gasteiger partial charge in [0.25, 0.3) is 5.91 Å². The van der Waals surface area contributed by atoms with Crippen molar-refractivity contribution in [1.82, 2.24) is 10.3 Å². The van der Waals surface area contributed by atoms with Gasteiger partial charge in [0.15, 0.2) is 0 Å². The van der Waals surface area contributed by atoms with Crippen LogP contribution in [0.2, 0.25) is 0 Å². The van der Waals surface area contributed by atoms with E-state index in [0.29, 0.717) is 29.3 Å². The molecule has 0 fully saturated rings. The number of furan rings is 1. The van der Waals surface area contributed by atoms with Gasteiger partial charge >= 0.3 is 0 Å². The van der Waals surface area contributed by atoms with E-state index in [0.717, 1.165) is 16.3 Å². The predicted molar refractivity (Wildman–Crippen MR) is 119 cm³/mol. The van der Waals surface area contributed by atoms with E-state index < -0.39 is 0 Å². The zero-order valence-corrected chi connectivity index (χ0v) is 16.9. The molecular weight excluding hydrogens is 400 g/mol. The quantitative estimate of drug-likeness (QED) is 0.626. The van der Waals surface area contributed by atoms with E-state index in [4.69, 9.17) is 4.42 Å². The van der Waals surface area contributed by atoms with Gasteiger partial charge in [-0.2, -0.15) is 0 Å². The summed E-state index contributed by atoms with van der Waals surface area (Å²) in [6.07, 6.45) is 4.81. The molecule has 0 spiro atoms. The first kappa shape index (κ1) is 19.8. The van der Waals surface area contributed by atoms with Crippen LogP contribution in [0.15, 0.2) is 82.7 Å². The Balaban J connectivity index is 0.00000272. The number of nitrogens with one attached hydrogen (secondary N) is 2. The monoisotopic (exact) mass is 422 g/mol. The molecule has 3 heterocycles. The van der Waals surface area contributed by atoms with Crippen LogP contribution in [0.5, 0.6) is 0 Å². The summed E-state index contributed by atoms with van der Waals surface area (Å²) in [6.45, 7) is 4.51. The molecule has 1 aromatic carbocycles. The van der Waals surface area contributed by atoms with Crippen molar-refractivity contribution in [2.24, 2.45) is 0 Å². The van der Waals surface area contributed by atoms with Crippen LogP contribution in [0.3, 0.4) is 0 Å². The van der Waals surface area contributed by atoms with Gasteiger partial charge in [0.1, 0.15) is 12.3 Å². The molecule has 1 aliphatic heterocycles. The third-order valence-corrected chi connectivity index (χ3v) is 5.69. The normalized spacial score (nSPS) is 12.9. The SMILES string of the molecule is C=C1CSc2ccc(C(=O)NCc3ccco3)cc2N1CC(=O)Nc1ccncc1.[HH]. The van der Waals surface area contributed by atoms with Crippen molar-refractivity contribution in [3.05, 3.63) is 84.7 Å². The third kappa shape index (κ3) is 4.55. The second-order valence-corrected chi connectivity index (χ2v) is 7.69. The van der Waals surface area contributed by atoms with E-state index in [-0.39, 0.29) is 19.8 Å². The van der Waals surface area contributed by atoms with Crippen molar-refractivity contribution >= 4 is 35.0 Å². The Morgan fingerprint density at radius 2 is 2.07 bits per heavy atom. The molecule has 1 aliphatic rings. The first-order valence-electron chi connectivity index (χ1n) is 9.33. The summed E-state index contributed by atoms with van der Waals surface area (Å²) in [5.41, 5.74) is 2.80. The van der Waals surface area contributed by atoms with Crippen LogP contribution in [0, 0.1) is 0 Å². The molecule has 30 heavy (non-hydrogen) atoms. The summed E-state index contributed by atoms with van der Waals surface area (Å²) < 4.78 is 5.25. The number of aromatic nitrogens is 1. The van der Waals surface area contributed by atoms with Gasteiger partial charge in [0.05, 0.1) is 18.5 Å². The molecule has 2 N–H and O–H groups in total. The molecule has 2 amide bonds. The molecule has 3 aromatic rings. The maximum atomic E-state index is 12.6. The maximum Gasteiger partial charge on any atom is 0.251 e. The number of benzene rings is 1. The highest BCUT2D eigenvalue weighted by atomic mass is 32.2. The lowest BCUT2D eigenvalue weighted by molar-refractivity contribution is -0.114. The minimum absolute atomic E-state index is 0. The van der Waals surface area contributed by atoms with Gasteiger partial charge in [0.2, 0.25) is 5.91 Å². The number of anilines is 2. The van der Waals surface area contributed by atoms with Crippen LogP contribution in [0.4, 0.5) is 11.4 Å². The molecule has 0 aliphatic carbocycles. The molecular formula is C22H22N4O3S. The van der Waals surface area contributed by atoms with Crippen LogP contribution in [0.1, 0.15) is 17.5 Å². The minimum Gasteiger partial charge on any atom is -0.467 e. The highest BCUT2D eigenvalue weighted by Gasteiger charge is 2.24. The van der Waals surface area contributed by atoms with Crippen molar-refractivity contribution in [2.45, 2.75) is 11.4 Å². The largest absolute Gasteiger partial charge is 0.467 e. The lowest BCUT2D eigenvalue weighted by Crippen LogP contribution is -2.35. The second-order valence-electron chi connectivity index (χ2n) is 6.67. The number of amides is 2. The first-order valence-corrected chi connectivity index (χ1v) is 10.3. The standard InChI is InChI=1S/C22H20N4O3S.H2/c1-15-14-30-20-5-4-16(22(28)24-12-18-3-2-10-29-18)11-19(20)26(15)13-21(27)25-17-6-8-23-9-7-17;/h2-11H,1,12-14H2,(H,24,28)(H,23,25,27);1H. The predicted octanol–water partition coefficient (Wildman–Crippen LogP) is 3.92. The third-order valence-electron chi connectivity index (χ3n) is 4.56. The molecule has 0 atom stereocenters. The highest BCUT2D eigenvalue weighted by Crippen LogP contribution is 2.39. The average molecular weight is 423 g/mol. The number of fused-ring (bicyclic) bond motifs is 1. The van der Waals surface area contributed by atoms with E-state index in [9.17, 15) is 9.59 Å². The van der Waals surface area contributed by atoms with Gasteiger partial charge in [-0.1, -0.05) is 6.58 Å². The molecule has 154 valence electrons. The molecule has 0 bridgehead atoms. The smallest absolute Gasteiger partial charge is 0.251 e. The number of thioether (sulfide) groups is 1. The maximum absolute atomic E-state index is 12.6. The van der Waals surface area contributed by atoms with Crippen LogP contribution >= 0.6 is 11.8 Å². The molecule has 8 heteroatoms. The number of rotatable bonds is 6. The number of nitrogens with zero attached hydrogens (tertiary/aromatic N) is 2. The second kappa shape index (κ2) is 8.87. The molecule has 0 saturated carbocycles. The lowest BCUT2D eigenvalue weighted by Gasteiger charge is -2.32. The Labute approximate surface area is 179 Å². The van der Waals surface area contributed by atoms with Crippen LogP contribution in [-0.2, 0) is 11.3 Å². The Hall–Kier alpha value is -3.52. The Morgan fingerprint density at radius 3 is 2.83 bits per heavy atom. The van der Waals surface area contributed by atoms with E-state index in [1.54, 1.807) is 66.8 Å². The zero-order chi connectivity index (χ0) is 20.9. The van der Waals surface area contributed by atoms with Gasteiger partial charge in [-0.25, -0.2) is 0 Å². The van der Waals surface area contributed by atoms with Gasteiger partial charge in [0, 0.05) is 41.4 Å². The summed E-state index contributed by atoms with van der Waals surface area (Å²) >= 11 is 1.64. The molecule has 0 unspecified atom stereocenters. The summed E-state index contributed by atoms with van der Waals surface area (Å²) in [7, 11) is 0. The number of carbonyl (C=O) groups excluding carboxylic acids is 2. The number of hydrogen-bond donors (Lipinski definition) is 2. The highest BCUT2D eigenvalue weighted by molar-refractivity contribution is 7.99. The average Bonchev–Trinajstić information content (AvgIpc) is 3.28. The summed E-state index contributed by atoms with van der Waals surface area (Å²) in [6, 6.07) is 12.5. The minimum atomic E-state index is -0.212. The van der Waals surface area contributed by atoms with E-state index in [1.807, 2.05) is 11.0 Å². The Kier molecular flexibility index (Phi) is 5.85. The fourth-order valence-corrected chi connectivity index (χ4v) is 4.02. The van der Waals surface area contributed by atoms with E-state index >= 15 is 0 Å². The summed E-state index contributed by atoms with van der Waals surface area (Å²) in [5, 5.41) is 5.70. The fourth-order valence-electron chi connectivity index (χ4n) is 3.06. The Morgan fingerprint density at radius 1 is 1.23 bits per heavy atom. The summed E-state index contributed by atoms with van der Waals surface area (Å²) in [5.74, 6) is 0.976. The van der Waals surface area contributed by atoms with Crippen molar-refractivity contribution in [3.8, 4) is 0 Å².